The summed E-state index contributed by atoms with van der Waals surface area (Å²) in [5, 5.41) is 3.31. The van der Waals surface area contributed by atoms with Gasteiger partial charge in [-0.2, -0.15) is 0 Å². The fraction of sp³-hybridized carbons (Fsp3) is 0.400. The van der Waals surface area contributed by atoms with Crippen LogP contribution in [0, 0.1) is 13.8 Å². The number of anilines is 2. The number of amides is 1. The third-order valence-corrected chi connectivity index (χ3v) is 6.65. The summed E-state index contributed by atoms with van der Waals surface area (Å²) in [4.78, 5) is 18.8. The Balaban J connectivity index is 1.80. The quantitative estimate of drug-likeness (QED) is 0.853. The Morgan fingerprint density at radius 2 is 2.04 bits per heavy atom. The van der Waals surface area contributed by atoms with Crippen LogP contribution in [0.4, 0.5) is 11.4 Å². The lowest BCUT2D eigenvalue weighted by Gasteiger charge is -2.27. The van der Waals surface area contributed by atoms with Gasteiger partial charge in [-0.15, -0.1) is 0 Å². The third kappa shape index (κ3) is 4.47. The summed E-state index contributed by atoms with van der Waals surface area (Å²) < 4.78 is 23.5. The minimum Gasteiger partial charge on any atom is -0.354 e. The van der Waals surface area contributed by atoms with Gasteiger partial charge in [0.25, 0.3) is 5.91 Å². The van der Waals surface area contributed by atoms with Gasteiger partial charge in [0.1, 0.15) is 0 Å². The molecule has 1 unspecified atom stereocenters. The Kier molecular flexibility index (Phi) is 5.51. The Hall–Kier alpha value is -2.41. The molecule has 1 aliphatic rings. The number of sulfone groups is 1. The zero-order chi connectivity index (χ0) is 19.6. The second kappa shape index (κ2) is 7.68. The number of carbonyl (C=O) groups excluding carboxylic acids is 1. The minimum absolute atomic E-state index is 0.0422. The molecule has 0 radical (unpaired) electrons. The normalized spacial score (nSPS) is 18.3. The van der Waals surface area contributed by atoms with E-state index in [2.05, 4.69) is 16.4 Å². The lowest BCUT2D eigenvalue weighted by Crippen LogP contribution is -2.41. The molecule has 144 valence electrons. The summed E-state index contributed by atoms with van der Waals surface area (Å²) >= 11 is 0. The van der Waals surface area contributed by atoms with E-state index in [0.29, 0.717) is 18.5 Å². The number of pyridine rings is 1. The molecule has 1 N–H and O–H groups in total. The molecule has 0 saturated carbocycles. The highest BCUT2D eigenvalue weighted by Gasteiger charge is 2.34. The fourth-order valence-corrected chi connectivity index (χ4v) is 5.22. The predicted molar refractivity (Wildman–Crippen MR) is 107 cm³/mol. The highest BCUT2D eigenvalue weighted by Crippen LogP contribution is 2.23. The van der Waals surface area contributed by atoms with E-state index >= 15 is 0 Å². The Bertz CT molecular complexity index is 957. The largest absolute Gasteiger partial charge is 0.354 e. The Morgan fingerprint density at radius 1 is 1.26 bits per heavy atom. The van der Waals surface area contributed by atoms with Crippen molar-refractivity contribution >= 4 is 27.1 Å². The summed E-state index contributed by atoms with van der Waals surface area (Å²) in [6.45, 7) is 6.40. The second-order valence-corrected chi connectivity index (χ2v) is 9.28. The number of hydrogen-bond donors (Lipinski definition) is 1. The van der Waals surface area contributed by atoms with Gasteiger partial charge in [-0.25, -0.2) is 8.42 Å². The van der Waals surface area contributed by atoms with Crippen molar-refractivity contribution in [2.75, 3.05) is 23.4 Å². The van der Waals surface area contributed by atoms with Crippen molar-refractivity contribution in [3.8, 4) is 0 Å². The van der Waals surface area contributed by atoms with Gasteiger partial charge in [-0.05, 0) is 44.9 Å². The van der Waals surface area contributed by atoms with Crippen LogP contribution in [0.15, 0.2) is 36.7 Å². The number of nitrogens with zero attached hydrogens (tertiary/aromatic N) is 2. The standard InChI is InChI=1S/C20H25N3O3S/c1-4-23(18-7-8-27(25,26)13-18)20(24)16-10-17(12-21-11-16)22-19-6-5-14(2)9-15(19)3/h5-6,9-12,18,22H,4,7-8,13H2,1-3H3. The summed E-state index contributed by atoms with van der Waals surface area (Å²) in [6.07, 6.45) is 3.70. The van der Waals surface area contributed by atoms with Crippen molar-refractivity contribution in [2.45, 2.75) is 33.2 Å². The molecule has 1 aliphatic heterocycles. The number of aryl methyl sites for hydroxylation is 2. The molecule has 0 bridgehead atoms. The van der Waals surface area contributed by atoms with Crippen LogP contribution in [-0.4, -0.2) is 48.3 Å². The molecule has 27 heavy (non-hydrogen) atoms. The van der Waals surface area contributed by atoms with Crippen LogP contribution in [0.2, 0.25) is 0 Å². The molecule has 6 nitrogen and oxygen atoms in total. The van der Waals surface area contributed by atoms with Crippen LogP contribution in [0.3, 0.4) is 0 Å². The number of hydrogen-bond acceptors (Lipinski definition) is 5. The van der Waals surface area contributed by atoms with E-state index in [9.17, 15) is 13.2 Å². The van der Waals surface area contributed by atoms with E-state index in [-0.39, 0.29) is 23.5 Å². The third-order valence-electron chi connectivity index (χ3n) is 4.90. The molecule has 3 rings (SSSR count). The topological polar surface area (TPSA) is 79.4 Å². The highest BCUT2D eigenvalue weighted by atomic mass is 32.2. The van der Waals surface area contributed by atoms with Crippen molar-refractivity contribution in [1.29, 1.82) is 0 Å². The first kappa shape index (κ1) is 19.4. The fourth-order valence-electron chi connectivity index (χ4n) is 3.49. The Labute approximate surface area is 160 Å². The number of carbonyl (C=O) groups is 1. The predicted octanol–water partition coefficient (Wildman–Crippen LogP) is 3.09. The van der Waals surface area contributed by atoms with Gasteiger partial charge in [-0.3, -0.25) is 9.78 Å². The van der Waals surface area contributed by atoms with Crippen molar-refractivity contribution in [2.24, 2.45) is 0 Å². The van der Waals surface area contributed by atoms with E-state index in [1.165, 1.54) is 11.8 Å². The van der Waals surface area contributed by atoms with Gasteiger partial charge in [-0.1, -0.05) is 17.7 Å². The smallest absolute Gasteiger partial charge is 0.255 e. The van der Waals surface area contributed by atoms with E-state index < -0.39 is 9.84 Å². The first-order valence-corrected chi connectivity index (χ1v) is 10.9. The van der Waals surface area contributed by atoms with Crippen LogP contribution < -0.4 is 5.32 Å². The molecule has 1 aromatic carbocycles. The van der Waals surface area contributed by atoms with E-state index in [4.69, 9.17) is 0 Å². The average molecular weight is 388 g/mol. The molecule has 1 atom stereocenters. The molecular formula is C20H25N3O3S. The number of aromatic nitrogens is 1. The van der Waals surface area contributed by atoms with Gasteiger partial charge >= 0.3 is 0 Å². The van der Waals surface area contributed by atoms with E-state index in [1.807, 2.05) is 32.9 Å². The molecule has 1 fully saturated rings. The van der Waals surface area contributed by atoms with Crippen LogP contribution in [0.25, 0.3) is 0 Å². The monoisotopic (exact) mass is 387 g/mol. The maximum absolute atomic E-state index is 13.0. The average Bonchev–Trinajstić information content (AvgIpc) is 2.98. The molecule has 0 aliphatic carbocycles. The SMILES string of the molecule is CCN(C(=O)c1cncc(Nc2ccc(C)cc2C)c1)C1CCS(=O)(=O)C1. The van der Waals surface area contributed by atoms with Gasteiger partial charge in [0, 0.05) is 24.5 Å². The minimum atomic E-state index is -3.05. The summed E-state index contributed by atoms with van der Waals surface area (Å²) in [5.41, 5.74) is 4.43. The summed E-state index contributed by atoms with van der Waals surface area (Å²) in [7, 11) is -3.05. The zero-order valence-electron chi connectivity index (χ0n) is 15.9. The Morgan fingerprint density at radius 3 is 2.67 bits per heavy atom. The molecular weight excluding hydrogens is 362 g/mol. The molecule has 2 aromatic rings. The van der Waals surface area contributed by atoms with Crippen LogP contribution in [-0.2, 0) is 9.84 Å². The zero-order valence-corrected chi connectivity index (χ0v) is 16.7. The van der Waals surface area contributed by atoms with Crippen LogP contribution in [0.5, 0.6) is 0 Å². The maximum Gasteiger partial charge on any atom is 0.255 e. The molecule has 1 aromatic heterocycles. The van der Waals surface area contributed by atoms with Crippen molar-refractivity contribution in [3.63, 3.8) is 0 Å². The maximum atomic E-state index is 13.0. The van der Waals surface area contributed by atoms with Gasteiger partial charge < -0.3 is 10.2 Å². The summed E-state index contributed by atoms with van der Waals surface area (Å²) in [6, 6.07) is 7.62. The molecule has 7 heteroatoms. The first-order chi connectivity index (χ1) is 12.8. The number of nitrogens with one attached hydrogen (secondary N) is 1. The lowest BCUT2D eigenvalue weighted by molar-refractivity contribution is 0.0708. The van der Waals surface area contributed by atoms with Gasteiger partial charge in [0.05, 0.1) is 29.0 Å². The molecule has 1 saturated heterocycles. The lowest BCUT2D eigenvalue weighted by atomic mass is 10.1. The van der Waals surface area contributed by atoms with Crippen LogP contribution >= 0.6 is 0 Å². The van der Waals surface area contributed by atoms with Gasteiger partial charge in [0.15, 0.2) is 9.84 Å². The van der Waals surface area contributed by atoms with Gasteiger partial charge in [0.2, 0.25) is 0 Å². The second-order valence-electron chi connectivity index (χ2n) is 7.05. The van der Waals surface area contributed by atoms with Crippen molar-refractivity contribution in [3.05, 3.63) is 53.3 Å². The first-order valence-electron chi connectivity index (χ1n) is 9.10. The van der Waals surface area contributed by atoms with Crippen molar-refractivity contribution < 1.29 is 13.2 Å². The van der Waals surface area contributed by atoms with E-state index in [0.717, 1.165) is 16.9 Å². The molecule has 1 amide bonds. The van der Waals surface area contributed by atoms with Crippen LogP contribution in [0.1, 0.15) is 34.8 Å². The molecule has 2 heterocycles. The van der Waals surface area contributed by atoms with E-state index in [1.54, 1.807) is 17.2 Å². The molecule has 0 spiro atoms. The van der Waals surface area contributed by atoms with Crippen molar-refractivity contribution in [1.82, 2.24) is 9.88 Å². The number of rotatable bonds is 5. The summed E-state index contributed by atoms with van der Waals surface area (Å²) in [5.74, 6) is 0.00508. The number of benzene rings is 1. The highest BCUT2D eigenvalue weighted by molar-refractivity contribution is 7.91.